The van der Waals surface area contributed by atoms with Crippen molar-refractivity contribution in [2.75, 3.05) is 49.7 Å². The number of amides is 1. The van der Waals surface area contributed by atoms with E-state index in [4.69, 9.17) is 4.74 Å². The Morgan fingerprint density at radius 3 is 2.37 bits per heavy atom. The maximum Gasteiger partial charge on any atom is 0.422 e. The minimum Gasteiger partial charge on any atom is -0.454 e. The number of aromatic nitrogens is 3. The topological polar surface area (TPSA) is 130 Å². The number of hydrogen-bond acceptors (Lipinski definition) is 9. The van der Waals surface area contributed by atoms with E-state index in [1.165, 1.54) is 16.4 Å². The molecule has 0 bridgehead atoms. The number of sulfonamides is 1. The molecule has 1 amide bonds. The second kappa shape index (κ2) is 11.2. The summed E-state index contributed by atoms with van der Waals surface area (Å²) in [4.78, 5) is 26.2. The summed E-state index contributed by atoms with van der Waals surface area (Å²) in [7, 11) is -3.34. The van der Waals surface area contributed by atoms with Gasteiger partial charge in [-0.1, -0.05) is 0 Å². The highest BCUT2D eigenvalue weighted by Gasteiger charge is 2.30. The lowest BCUT2D eigenvalue weighted by Gasteiger charge is -2.30. The standard InChI is InChI=1S/C22H27F4N7O4S/c1-38(35,36)33-10-6-14(7-11-33)27-19-29-20(31-21(30-19)37-13-22(24,25)26)28-15-4-5-17(23)16(12-15)18(34)32-8-2-3-9-32/h4-5,12,14H,2-3,6-11,13H2,1H3,(H2,27,28,29,30,31). The zero-order valence-corrected chi connectivity index (χ0v) is 21.3. The summed E-state index contributed by atoms with van der Waals surface area (Å²) in [6.45, 7) is -0.0579. The van der Waals surface area contributed by atoms with Crippen molar-refractivity contribution in [1.82, 2.24) is 24.2 Å². The van der Waals surface area contributed by atoms with Gasteiger partial charge in [0, 0.05) is 37.9 Å². The van der Waals surface area contributed by atoms with E-state index < -0.39 is 40.5 Å². The van der Waals surface area contributed by atoms with E-state index in [-0.39, 0.29) is 42.3 Å². The fourth-order valence-electron chi connectivity index (χ4n) is 4.19. The molecule has 4 rings (SSSR count). The SMILES string of the molecule is CS(=O)(=O)N1CCC(Nc2nc(Nc3ccc(F)c(C(=O)N4CCCC4)c3)nc(OCC(F)(F)F)n2)CC1. The van der Waals surface area contributed by atoms with E-state index in [1.807, 2.05) is 0 Å². The van der Waals surface area contributed by atoms with E-state index in [2.05, 4.69) is 25.6 Å². The maximum atomic E-state index is 14.4. The number of halogens is 4. The molecule has 0 spiro atoms. The molecule has 0 saturated carbocycles. The second-order valence-corrected chi connectivity index (χ2v) is 11.1. The van der Waals surface area contributed by atoms with Crippen LogP contribution in [0.15, 0.2) is 18.2 Å². The molecule has 208 valence electrons. The normalized spacial score (nSPS) is 17.4. The summed E-state index contributed by atoms with van der Waals surface area (Å²) < 4.78 is 82.1. The van der Waals surface area contributed by atoms with E-state index in [0.29, 0.717) is 25.9 Å². The molecule has 38 heavy (non-hydrogen) atoms. The van der Waals surface area contributed by atoms with Crippen molar-refractivity contribution in [3.8, 4) is 6.01 Å². The molecule has 2 fully saturated rings. The molecule has 0 aliphatic carbocycles. The van der Waals surface area contributed by atoms with Gasteiger partial charge in [-0.15, -0.1) is 0 Å². The summed E-state index contributed by atoms with van der Waals surface area (Å²) in [6, 6.07) is 2.86. The Hall–Kier alpha value is -3.27. The highest BCUT2D eigenvalue weighted by molar-refractivity contribution is 7.88. The van der Waals surface area contributed by atoms with E-state index in [9.17, 15) is 30.8 Å². The fraction of sp³-hybridized carbons (Fsp3) is 0.545. The zero-order chi connectivity index (χ0) is 27.5. The fourth-order valence-corrected chi connectivity index (χ4v) is 5.06. The number of piperidine rings is 1. The van der Waals surface area contributed by atoms with Crippen LogP contribution in [0.3, 0.4) is 0 Å². The van der Waals surface area contributed by atoms with Gasteiger partial charge in [0.2, 0.25) is 21.9 Å². The second-order valence-electron chi connectivity index (χ2n) is 9.07. The average molecular weight is 562 g/mol. The molecule has 1 aromatic heterocycles. The highest BCUT2D eigenvalue weighted by Crippen LogP contribution is 2.24. The Labute approximate surface area is 216 Å². The van der Waals surface area contributed by atoms with Crippen LogP contribution >= 0.6 is 0 Å². The third kappa shape index (κ3) is 7.40. The number of rotatable bonds is 8. The van der Waals surface area contributed by atoms with Crippen molar-refractivity contribution in [1.29, 1.82) is 0 Å². The number of alkyl halides is 3. The minimum atomic E-state index is -4.63. The van der Waals surface area contributed by atoms with Crippen LogP contribution in [0.4, 0.5) is 35.1 Å². The number of nitrogens with one attached hydrogen (secondary N) is 2. The predicted molar refractivity (Wildman–Crippen MR) is 129 cm³/mol. The van der Waals surface area contributed by atoms with Gasteiger partial charge in [0.1, 0.15) is 5.82 Å². The summed E-state index contributed by atoms with van der Waals surface area (Å²) in [5.74, 6) is -1.45. The van der Waals surface area contributed by atoms with E-state index >= 15 is 0 Å². The molecule has 2 saturated heterocycles. The van der Waals surface area contributed by atoms with Gasteiger partial charge in [0.05, 0.1) is 11.8 Å². The first kappa shape index (κ1) is 27.8. The lowest BCUT2D eigenvalue weighted by Crippen LogP contribution is -2.42. The number of carbonyl (C=O) groups excluding carboxylic acids is 1. The van der Waals surface area contributed by atoms with Crippen LogP contribution in [0.1, 0.15) is 36.0 Å². The molecule has 0 atom stereocenters. The molecule has 2 N–H and O–H groups in total. The van der Waals surface area contributed by atoms with Crippen LogP contribution in [0.5, 0.6) is 6.01 Å². The Morgan fingerprint density at radius 2 is 1.74 bits per heavy atom. The summed E-state index contributed by atoms with van der Waals surface area (Å²) in [5, 5.41) is 5.76. The third-order valence-corrected chi connectivity index (χ3v) is 7.39. The summed E-state index contributed by atoms with van der Waals surface area (Å²) >= 11 is 0. The van der Waals surface area contributed by atoms with Gasteiger partial charge in [-0.25, -0.2) is 17.1 Å². The quantitative estimate of drug-likeness (QED) is 0.468. The predicted octanol–water partition coefficient (Wildman–Crippen LogP) is 2.77. The number of benzene rings is 1. The largest absolute Gasteiger partial charge is 0.454 e. The molecule has 16 heteroatoms. The van der Waals surface area contributed by atoms with Gasteiger partial charge in [-0.05, 0) is 43.9 Å². The molecule has 0 unspecified atom stereocenters. The summed E-state index contributed by atoms with van der Waals surface area (Å²) in [6.07, 6.45) is -1.01. The Morgan fingerprint density at radius 1 is 1.08 bits per heavy atom. The number of nitrogens with zero attached hydrogens (tertiary/aromatic N) is 5. The van der Waals surface area contributed by atoms with Gasteiger partial charge < -0.3 is 20.3 Å². The van der Waals surface area contributed by atoms with Gasteiger partial charge in [-0.2, -0.15) is 28.1 Å². The van der Waals surface area contributed by atoms with E-state index in [0.717, 1.165) is 25.2 Å². The van der Waals surface area contributed by atoms with Crippen LogP contribution in [0, 0.1) is 5.82 Å². The molecular formula is C22H27F4N7O4S. The lowest BCUT2D eigenvalue weighted by molar-refractivity contribution is -0.154. The van der Waals surface area contributed by atoms with Crippen molar-refractivity contribution in [2.24, 2.45) is 0 Å². The van der Waals surface area contributed by atoms with Crippen LogP contribution in [-0.4, -0.2) is 89.7 Å². The first-order chi connectivity index (χ1) is 17.9. The number of likely N-dealkylation sites (tertiary alicyclic amines) is 1. The Bertz CT molecular complexity index is 1260. The first-order valence-corrected chi connectivity index (χ1v) is 13.8. The highest BCUT2D eigenvalue weighted by atomic mass is 32.2. The summed E-state index contributed by atoms with van der Waals surface area (Å²) in [5.41, 5.74) is 0.0739. The first-order valence-electron chi connectivity index (χ1n) is 11.9. The van der Waals surface area contributed by atoms with Gasteiger partial charge in [0.25, 0.3) is 5.91 Å². The monoisotopic (exact) mass is 561 g/mol. The Kier molecular flexibility index (Phi) is 8.20. The van der Waals surface area contributed by atoms with Crippen molar-refractivity contribution >= 4 is 33.5 Å². The van der Waals surface area contributed by atoms with Crippen LogP contribution < -0.4 is 15.4 Å². The van der Waals surface area contributed by atoms with Crippen molar-refractivity contribution in [3.05, 3.63) is 29.6 Å². The molecule has 11 nitrogen and oxygen atoms in total. The number of anilines is 3. The van der Waals surface area contributed by atoms with Crippen molar-refractivity contribution in [2.45, 2.75) is 37.9 Å². The number of hydrogen-bond donors (Lipinski definition) is 2. The number of carbonyl (C=O) groups is 1. The van der Waals surface area contributed by atoms with Crippen LogP contribution in [-0.2, 0) is 10.0 Å². The molecule has 0 radical (unpaired) electrons. The van der Waals surface area contributed by atoms with Gasteiger partial charge >= 0.3 is 12.2 Å². The van der Waals surface area contributed by atoms with Gasteiger partial charge in [-0.3, -0.25) is 4.79 Å². The van der Waals surface area contributed by atoms with Crippen molar-refractivity contribution < 1.29 is 35.5 Å². The minimum absolute atomic E-state index is 0.0899. The molecule has 2 aromatic rings. The van der Waals surface area contributed by atoms with Crippen LogP contribution in [0.2, 0.25) is 0 Å². The molecular weight excluding hydrogens is 534 g/mol. The van der Waals surface area contributed by atoms with Crippen molar-refractivity contribution in [3.63, 3.8) is 0 Å². The molecule has 2 aliphatic rings. The molecule has 2 aliphatic heterocycles. The third-order valence-electron chi connectivity index (χ3n) is 6.08. The number of ether oxygens (including phenoxy) is 1. The smallest absolute Gasteiger partial charge is 0.422 e. The average Bonchev–Trinajstić information content (AvgIpc) is 3.38. The zero-order valence-electron chi connectivity index (χ0n) is 20.5. The van der Waals surface area contributed by atoms with Gasteiger partial charge in [0.15, 0.2) is 6.61 Å². The molecule has 3 heterocycles. The Balaban J connectivity index is 1.53. The lowest BCUT2D eigenvalue weighted by atomic mass is 10.1. The van der Waals surface area contributed by atoms with E-state index in [1.54, 1.807) is 4.90 Å². The molecule has 1 aromatic carbocycles. The van der Waals surface area contributed by atoms with Crippen LogP contribution in [0.25, 0.3) is 0 Å². The maximum absolute atomic E-state index is 14.4.